The zero-order valence-corrected chi connectivity index (χ0v) is 20.5. The normalized spacial score (nSPS) is 16.5. The number of benzene rings is 2. The van der Waals surface area contributed by atoms with Crippen molar-refractivity contribution in [2.75, 3.05) is 24.3 Å². The molecule has 0 aliphatic carbocycles. The molecule has 1 atom stereocenters. The lowest BCUT2D eigenvalue weighted by molar-refractivity contribution is 0.547. The van der Waals surface area contributed by atoms with E-state index in [-0.39, 0.29) is 21.9 Å². The fraction of sp³-hybridized carbons (Fsp3) is 0.333. The van der Waals surface area contributed by atoms with E-state index in [4.69, 9.17) is 11.6 Å². The lowest BCUT2D eigenvalue weighted by Gasteiger charge is -2.15. The molecule has 0 saturated carbocycles. The Kier molecular flexibility index (Phi) is 6.87. The van der Waals surface area contributed by atoms with Crippen LogP contribution in [0.2, 0.25) is 5.02 Å². The Bertz CT molecular complexity index is 1320. The molecule has 170 valence electrons. The van der Waals surface area contributed by atoms with Crippen molar-refractivity contribution >= 4 is 54.0 Å². The second-order valence-corrected chi connectivity index (χ2v) is 11.1. The lowest BCUT2D eigenvalue weighted by atomic mass is 10.1. The van der Waals surface area contributed by atoms with Crippen molar-refractivity contribution in [1.82, 2.24) is 20.3 Å². The van der Waals surface area contributed by atoms with Gasteiger partial charge in [0.1, 0.15) is 6.33 Å². The predicted octanol–water partition coefficient (Wildman–Crippen LogP) is 2.93. The SMILES string of the molecule is CCS(=O)(=O)c1ccc(Cl)cc1Nn1cnc2cc(CN[C@H]3CCNC3)c(Br)cc2c1=O. The van der Waals surface area contributed by atoms with Gasteiger partial charge < -0.3 is 10.6 Å². The molecule has 1 saturated heterocycles. The molecule has 0 unspecified atom stereocenters. The van der Waals surface area contributed by atoms with Crippen LogP contribution in [0.5, 0.6) is 0 Å². The van der Waals surface area contributed by atoms with Crippen molar-refractivity contribution in [1.29, 1.82) is 0 Å². The average Bonchev–Trinajstić information content (AvgIpc) is 3.28. The molecule has 1 aromatic heterocycles. The van der Waals surface area contributed by atoms with E-state index in [1.807, 2.05) is 6.07 Å². The number of rotatable bonds is 7. The van der Waals surface area contributed by atoms with Crippen LogP contribution in [0.3, 0.4) is 0 Å². The van der Waals surface area contributed by atoms with Crippen LogP contribution in [0.4, 0.5) is 5.69 Å². The maximum atomic E-state index is 13.1. The van der Waals surface area contributed by atoms with E-state index >= 15 is 0 Å². The van der Waals surface area contributed by atoms with Crippen molar-refractivity contribution < 1.29 is 8.42 Å². The van der Waals surface area contributed by atoms with E-state index in [0.29, 0.717) is 28.5 Å². The zero-order chi connectivity index (χ0) is 22.9. The molecule has 1 fully saturated rings. The molecule has 11 heteroatoms. The molecule has 0 amide bonds. The third kappa shape index (κ3) is 4.84. The first-order valence-corrected chi connectivity index (χ1v) is 13.0. The fourth-order valence-corrected chi connectivity index (χ4v) is 5.31. The van der Waals surface area contributed by atoms with Crippen LogP contribution in [-0.4, -0.2) is 43.0 Å². The van der Waals surface area contributed by atoms with E-state index in [1.54, 1.807) is 13.0 Å². The number of nitrogens with zero attached hydrogens (tertiary/aromatic N) is 2. The Morgan fingerprint density at radius 2 is 2.12 bits per heavy atom. The van der Waals surface area contributed by atoms with E-state index in [0.717, 1.165) is 34.2 Å². The smallest absolute Gasteiger partial charge is 0.280 e. The highest BCUT2D eigenvalue weighted by Crippen LogP contribution is 2.27. The predicted molar refractivity (Wildman–Crippen MR) is 130 cm³/mol. The van der Waals surface area contributed by atoms with Crippen LogP contribution >= 0.6 is 27.5 Å². The minimum absolute atomic E-state index is 0.0698. The van der Waals surface area contributed by atoms with Crippen molar-refractivity contribution in [2.45, 2.75) is 30.8 Å². The first-order valence-electron chi connectivity index (χ1n) is 10.2. The van der Waals surface area contributed by atoms with Gasteiger partial charge in [-0.15, -0.1) is 0 Å². The van der Waals surface area contributed by atoms with Gasteiger partial charge in [0.05, 0.1) is 27.2 Å². The maximum Gasteiger partial charge on any atom is 0.280 e. The highest BCUT2D eigenvalue weighted by atomic mass is 79.9. The van der Waals surface area contributed by atoms with Gasteiger partial charge in [0.25, 0.3) is 5.56 Å². The van der Waals surface area contributed by atoms with Gasteiger partial charge in [-0.3, -0.25) is 10.2 Å². The molecular formula is C21H23BrClN5O3S. The Morgan fingerprint density at radius 1 is 1.31 bits per heavy atom. The minimum atomic E-state index is -3.52. The number of nitrogens with one attached hydrogen (secondary N) is 3. The van der Waals surface area contributed by atoms with E-state index in [2.05, 4.69) is 37.0 Å². The second-order valence-electron chi connectivity index (χ2n) is 7.61. The Balaban J connectivity index is 1.67. The highest BCUT2D eigenvalue weighted by Gasteiger charge is 2.19. The number of aromatic nitrogens is 2. The Hall–Kier alpha value is -1.98. The Morgan fingerprint density at radius 3 is 2.84 bits per heavy atom. The number of sulfone groups is 1. The molecule has 0 spiro atoms. The summed E-state index contributed by atoms with van der Waals surface area (Å²) in [5, 5.41) is 7.58. The van der Waals surface area contributed by atoms with E-state index < -0.39 is 9.84 Å². The van der Waals surface area contributed by atoms with Crippen LogP contribution in [0, 0.1) is 0 Å². The topological polar surface area (TPSA) is 105 Å². The summed E-state index contributed by atoms with van der Waals surface area (Å²) in [5.41, 5.74) is 4.29. The number of halogens is 2. The molecule has 8 nitrogen and oxygen atoms in total. The van der Waals surface area contributed by atoms with Crippen LogP contribution in [0.15, 0.2) is 50.8 Å². The van der Waals surface area contributed by atoms with Crippen molar-refractivity contribution in [3.8, 4) is 0 Å². The number of fused-ring (bicyclic) bond motifs is 1. The largest absolute Gasteiger partial charge is 0.315 e. The standard InChI is InChI=1S/C21H23BrClN5O3S/c1-2-32(30,31)20-4-3-14(23)8-19(20)27-28-12-26-18-7-13(10-25-15-5-6-24-11-15)17(22)9-16(18)21(28)29/h3-4,7-9,12,15,24-25,27H,2,5-6,10-11H2,1H3/t15-/m0/s1. The molecule has 4 rings (SSSR count). The summed E-state index contributed by atoms with van der Waals surface area (Å²) in [4.78, 5) is 17.6. The molecule has 0 bridgehead atoms. The third-order valence-corrected chi connectivity index (χ3v) is 8.22. The number of anilines is 1. The van der Waals surface area contributed by atoms with Crippen LogP contribution in [0.1, 0.15) is 18.9 Å². The number of hydrogen-bond acceptors (Lipinski definition) is 7. The van der Waals surface area contributed by atoms with Crippen LogP contribution in [0.25, 0.3) is 10.9 Å². The molecule has 0 radical (unpaired) electrons. The van der Waals surface area contributed by atoms with E-state index in [1.165, 1.54) is 24.5 Å². The molecule has 3 aromatic rings. The monoisotopic (exact) mass is 539 g/mol. The van der Waals surface area contributed by atoms with Crippen molar-refractivity contribution in [2.24, 2.45) is 0 Å². The maximum absolute atomic E-state index is 13.1. The van der Waals surface area contributed by atoms with Crippen LogP contribution < -0.4 is 21.6 Å². The summed E-state index contributed by atoms with van der Waals surface area (Å²) in [6.07, 6.45) is 2.43. The molecule has 1 aliphatic rings. The summed E-state index contributed by atoms with van der Waals surface area (Å²) in [5.74, 6) is -0.0745. The van der Waals surface area contributed by atoms with Gasteiger partial charge in [-0.25, -0.2) is 18.1 Å². The summed E-state index contributed by atoms with van der Waals surface area (Å²) in [6, 6.07) is 8.46. The molecule has 1 aliphatic heterocycles. The lowest BCUT2D eigenvalue weighted by Crippen LogP contribution is -2.30. The summed E-state index contributed by atoms with van der Waals surface area (Å²) >= 11 is 9.63. The summed E-state index contributed by atoms with van der Waals surface area (Å²) < 4.78 is 26.9. The van der Waals surface area contributed by atoms with Crippen molar-refractivity contribution in [3.63, 3.8) is 0 Å². The van der Waals surface area contributed by atoms with Gasteiger partial charge in [0, 0.05) is 28.6 Å². The number of hydrogen-bond donors (Lipinski definition) is 3. The molecule has 2 heterocycles. The quantitative estimate of drug-likeness (QED) is 0.423. The molecular weight excluding hydrogens is 518 g/mol. The molecule has 2 aromatic carbocycles. The molecule has 3 N–H and O–H groups in total. The first-order chi connectivity index (χ1) is 15.3. The first kappa shape index (κ1) is 23.2. The van der Waals surface area contributed by atoms with E-state index in [9.17, 15) is 13.2 Å². The highest BCUT2D eigenvalue weighted by molar-refractivity contribution is 9.10. The van der Waals surface area contributed by atoms with Crippen LogP contribution in [-0.2, 0) is 16.4 Å². The summed E-state index contributed by atoms with van der Waals surface area (Å²) in [6.45, 7) is 4.18. The van der Waals surface area contributed by atoms with Crippen molar-refractivity contribution in [3.05, 3.63) is 62.1 Å². The third-order valence-electron chi connectivity index (χ3n) is 5.47. The fourth-order valence-electron chi connectivity index (χ4n) is 3.63. The minimum Gasteiger partial charge on any atom is -0.315 e. The van der Waals surface area contributed by atoms with Gasteiger partial charge in [-0.1, -0.05) is 34.5 Å². The molecule has 32 heavy (non-hydrogen) atoms. The van der Waals surface area contributed by atoms with Gasteiger partial charge in [-0.2, -0.15) is 0 Å². The van der Waals surface area contributed by atoms with Gasteiger partial charge in [0.15, 0.2) is 9.84 Å². The zero-order valence-electron chi connectivity index (χ0n) is 17.4. The Labute approximate surface area is 199 Å². The second kappa shape index (κ2) is 9.48. The van der Waals surface area contributed by atoms with Gasteiger partial charge in [0.2, 0.25) is 0 Å². The van der Waals surface area contributed by atoms with Gasteiger partial charge >= 0.3 is 0 Å². The van der Waals surface area contributed by atoms with Gasteiger partial charge in [-0.05, 0) is 48.9 Å². The summed E-state index contributed by atoms with van der Waals surface area (Å²) in [7, 11) is -3.52. The average molecular weight is 541 g/mol.